The highest BCUT2D eigenvalue weighted by Crippen LogP contribution is 2.27. The Morgan fingerprint density at radius 3 is 2.35 bits per heavy atom. The van der Waals surface area contributed by atoms with Crippen molar-refractivity contribution in [2.45, 2.75) is 6.42 Å². The SMILES string of the molecule is O=C(Nc1ccc(Br)cc1)c1ccc(OCCc2ccccc2)c(Br)c1. The Bertz CT molecular complexity index is 880. The summed E-state index contributed by atoms with van der Waals surface area (Å²) < 4.78 is 7.55. The Hall–Kier alpha value is -2.11. The van der Waals surface area contributed by atoms with Crippen molar-refractivity contribution < 1.29 is 9.53 Å². The smallest absolute Gasteiger partial charge is 0.255 e. The number of anilines is 1. The van der Waals surface area contributed by atoms with E-state index in [0.717, 1.165) is 26.8 Å². The third-order valence-corrected chi connectivity index (χ3v) is 4.94. The number of rotatable bonds is 6. The normalized spacial score (nSPS) is 10.4. The van der Waals surface area contributed by atoms with Crippen molar-refractivity contribution in [3.63, 3.8) is 0 Å². The van der Waals surface area contributed by atoms with Crippen LogP contribution in [0.5, 0.6) is 5.75 Å². The zero-order valence-corrected chi connectivity index (χ0v) is 17.1. The fourth-order valence-corrected chi connectivity index (χ4v) is 3.18. The number of nitrogens with one attached hydrogen (secondary N) is 1. The first-order valence-corrected chi connectivity index (χ1v) is 9.73. The van der Waals surface area contributed by atoms with Crippen molar-refractivity contribution in [1.29, 1.82) is 0 Å². The van der Waals surface area contributed by atoms with Crippen LogP contribution in [0.25, 0.3) is 0 Å². The molecule has 26 heavy (non-hydrogen) atoms. The first kappa shape index (κ1) is 18.7. The Morgan fingerprint density at radius 1 is 0.923 bits per heavy atom. The molecule has 0 heterocycles. The molecule has 5 heteroatoms. The van der Waals surface area contributed by atoms with E-state index in [2.05, 4.69) is 49.3 Å². The molecule has 0 saturated heterocycles. The molecule has 1 amide bonds. The second-order valence-electron chi connectivity index (χ2n) is 5.69. The molecule has 132 valence electrons. The van der Waals surface area contributed by atoms with Gasteiger partial charge in [-0.3, -0.25) is 4.79 Å². The molecule has 0 aliphatic heterocycles. The van der Waals surface area contributed by atoms with Crippen LogP contribution in [-0.2, 0) is 6.42 Å². The van der Waals surface area contributed by atoms with Gasteiger partial charge < -0.3 is 10.1 Å². The van der Waals surface area contributed by atoms with E-state index in [-0.39, 0.29) is 5.91 Å². The van der Waals surface area contributed by atoms with Crippen LogP contribution < -0.4 is 10.1 Å². The first-order valence-electron chi connectivity index (χ1n) is 8.15. The second-order valence-corrected chi connectivity index (χ2v) is 7.46. The number of halogens is 2. The summed E-state index contributed by atoms with van der Waals surface area (Å²) in [5, 5.41) is 2.88. The van der Waals surface area contributed by atoms with Crippen molar-refractivity contribution in [1.82, 2.24) is 0 Å². The maximum atomic E-state index is 12.4. The van der Waals surface area contributed by atoms with Crippen molar-refractivity contribution in [2.75, 3.05) is 11.9 Å². The van der Waals surface area contributed by atoms with Crippen molar-refractivity contribution in [3.8, 4) is 5.75 Å². The van der Waals surface area contributed by atoms with Gasteiger partial charge in [0.1, 0.15) is 5.75 Å². The van der Waals surface area contributed by atoms with E-state index in [9.17, 15) is 4.79 Å². The average molecular weight is 475 g/mol. The minimum atomic E-state index is -0.163. The molecule has 0 aromatic heterocycles. The van der Waals surface area contributed by atoms with Crippen molar-refractivity contribution >= 4 is 43.5 Å². The first-order chi connectivity index (χ1) is 12.6. The van der Waals surface area contributed by atoms with Gasteiger partial charge in [-0.15, -0.1) is 0 Å². The molecule has 0 fully saturated rings. The summed E-state index contributed by atoms with van der Waals surface area (Å²) in [5.41, 5.74) is 2.54. The number of carbonyl (C=O) groups excluding carboxylic acids is 1. The zero-order valence-electron chi connectivity index (χ0n) is 13.9. The van der Waals surface area contributed by atoms with E-state index >= 15 is 0 Å². The number of hydrogen-bond acceptors (Lipinski definition) is 2. The van der Waals surface area contributed by atoms with Gasteiger partial charge in [-0.25, -0.2) is 0 Å². The zero-order chi connectivity index (χ0) is 18.4. The van der Waals surface area contributed by atoms with Gasteiger partial charge in [0.2, 0.25) is 0 Å². The number of amides is 1. The topological polar surface area (TPSA) is 38.3 Å². The van der Waals surface area contributed by atoms with E-state index in [0.29, 0.717) is 12.2 Å². The van der Waals surface area contributed by atoms with E-state index in [1.807, 2.05) is 48.5 Å². The van der Waals surface area contributed by atoms with Crippen molar-refractivity contribution in [3.05, 3.63) is 92.9 Å². The van der Waals surface area contributed by atoms with E-state index in [1.165, 1.54) is 5.56 Å². The third-order valence-electron chi connectivity index (χ3n) is 3.79. The maximum absolute atomic E-state index is 12.4. The Labute approximate surface area is 169 Å². The molecule has 0 atom stereocenters. The van der Waals surface area contributed by atoms with Gasteiger partial charge in [0.15, 0.2) is 0 Å². The van der Waals surface area contributed by atoms with Gasteiger partial charge >= 0.3 is 0 Å². The molecule has 0 saturated carbocycles. The highest BCUT2D eigenvalue weighted by Gasteiger charge is 2.10. The minimum Gasteiger partial charge on any atom is -0.492 e. The second kappa shape index (κ2) is 9.01. The Morgan fingerprint density at radius 2 is 1.65 bits per heavy atom. The summed E-state index contributed by atoms with van der Waals surface area (Å²) in [6.45, 7) is 0.576. The number of benzene rings is 3. The van der Waals surface area contributed by atoms with Crippen LogP contribution in [0.4, 0.5) is 5.69 Å². The Balaban J connectivity index is 1.59. The molecule has 1 N–H and O–H groups in total. The third kappa shape index (κ3) is 5.19. The van der Waals surface area contributed by atoms with E-state index < -0.39 is 0 Å². The monoisotopic (exact) mass is 473 g/mol. The molecule has 0 aliphatic carbocycles. The van der Waals surface area contributed by atoms with Gasteiger partial charge in [0.25, 0.3) is 5.91 Å². The summed E-state index contributed by atoms with van der Waals surface area (Å²) in [7, 11) is 0. The summed E-state index contributed by atoms with van der Waals surface area (Å²) in [6.07, 6.45) is 0.832. The lowest BCUT2D eigenvalue weighted by Crippen LogP contribution is -2.12. The number of ether oxygens (including phenoxy) is 1. The molecule has 0 unspecified atom stereocenters. The highest BCUT2D eigenvalue weighted by molar-refractivity contribution is 9.10. The molecule has 0 radical (unpaired) electrons. The molecule has 3 rings (SSSR count). The molecule has 3 nitrogen and oxygen atoms in total. The van der Waals surface area contributed by atoms with Crippen LogP contribution in [0.2, 0.25) is 0 Å². The fourth-order valence-electron chi connectivity index (χ4n) is 2.42. The van der Waals surface area contributed by atoms with Crippen LogP contribution in [0.3, 0.4) is 0 Å². The van der Waals surface area contributed by atoms with E-state index in [1.54, 1.807) is 12.1 Å². The summed E-state index contributed by atoms with van der Waals surface area (Å²) in [6, 6.07) is 23.0. The molecule has 0 spiro atoms. The van der Waals surface area contributed by atoms with Gasteiger partial charge in [-0.05, 0) is 64.0 Å². The van der Waals surface area contributed by atoms with Crippen LogP contribution in [0, 0.1) is 0 Å². The van der Waals surface area contributed by atoms with Crippen LogP contribution in [0.1, 0.15) is 15.9 Å². The Kier molecular flexibility index (Phi) is 6.47. The molecule has 3 aromatic carbocycles. The molecule has 0 aliphatic rings. The summed E-state index contributed by atoms with van der Waals surface area (Å²) in [5.74, 6) is 0.560. The quantitative estimate of drug-likeness (QED) is 0.469. The van der Waals surface area contributed by atoms with Gasteiger partial charge in [0, 0.05) is 22.1 Å². The predicted molar refractivity (Wildman–Crippen MR) is 112 cm³/mol. The predicted octanol–water partition coefficient (Wildman–Crippen LogP) is 6.09. The molecule has 3 aromatic rings. The van der Waals surface area contributed by atoms with Crippen LogP contribution in [-0.4, -0.2) is 12.5 Å². The largest absolute Gasteiger partial charge is 0.492 e. The lowest BCUT2D eigenvalue weighted by molar-refractivity contribution is 0.102. The highest BCUT2D eigenvalue weighted by atomic mass is 79.9. The lowest BCUT2D eigenvalue weighted by atomic mass is 10.2. The fraction of sp³-hybridized carbons (Fsp3) is 0.0952. The van der Waals surface area contributed by atoms with E-state index in [4.69, 9.17) is 4.74 Å². The number of hydrogen-bond donors (Lipinski definition) is 1. The average Bonchev–Trinajstić information content (AvgIpc) is 2.65. The maximum Gasteiger partial charge on any atom is 0.255 e. The summed E-state index contributed by atoms with van der Waals surface area (Å²) >= 11 is 6.86. The van der Waals surface area contributed by atoms with Gasteiger partial charge in [-0.2, -0.15) is 0 Å². The van der Waals surface area contributed by atoms with Crippen LogP contribution >= 0.6 is 31.9 Å². The summed E-state index contributed by atoms with van der Waals surface area (Å²) in [4.78, 5) is 12.4. The lowest BCUT2D eigenvalue weighted by Gasteiger charge is -2.10. The molecular weight excluding hydrogens is 458 g/mol. The standard InChI is InChI=1S/C21H17Br2NO2/c22-17-7-9-18(10-8-17)24-21(25)16-6-11-20(19(23)14-16)26-13-12-15-4-2-1-3-5-15/h1-11,14H,12-13H2,(H,24,25). The van der Waals surface area contributed by atoms with Crippen molar-refractivity contribution in [2.24, 2.45) is 0 Å². The van der Waals surface area contributed by atoms with Gasteiger partial charge in [0.05, 0.1) is 11.1 Å². The molecule has 0 bridgehead atoms. The van der Waals surface area contributed by atoms with Crippen LogP contribution in [0.15, 0.2) is 81.7 Å². The van der Waals surface area contributed by atoms with Gasteiger partial charge in [-0.1, -0.05) is 46.3 Å². The molecular formula is C21H17Br2NO2. The minimum absolute atomic E-state index is 0.163. The number of carbonyl (C=O) groups is 1.